The molecule has 0 spiro atoms. The van der Waals surface area contributed by atoms with Gasteiger partial charge in [-0.1, -0.05) is 31.9 Å². The monoisotopic (exact) mass is 355 g/mol. The standard InChI is InChI=1S/C11H19Br2NO2/c1-10(2,3)16-9(15)14-5-4-11(6-12,7-13)8-14/h4-8H2,1-3H3. The van der Waals surface area contributed by atoms with E-state index in [4.69, 9.17) is 4.74 Å². The first-order chi connectivity index (χ1) is 7.32. The van der Waals surface area contributed by atoms with E-state index in [1.54, 1.807) is 4.90 Å². The maximum absolute atomic E-state index is 11.9. The highest BCUT2D eigenvalue weighted by molar-refractivity contribution is 9.09. The minimum atomic E-state index is -0.412. The first-order valence-corrected chi connectivity index (χ1v) is 7.66. The molecule has 0 atom stereocenters. The topological polar surface area (TPSA) is 29.5 Å². The number of rotatable bonds is 2. The van der Waals surface area contributed by atoms with Crippen molar-refractivity contribution >= 4 is 38.0 Å². The lowest BCUT2D eigenvalue weighted by Gasteiger charge is -2.27. The molecule has 94 valence electrons. The molecular formula is C11H19Br2NO2. The molecule has 0 aromatic heterocycles. The Morgan fingerprint density at radius 3 is 2.31 bits per heavy atom. The van der Waals surface area contributed by atoms with E-state index >= 15 is 0 Å². The van der Waals surface area contributed by atoms with E-state index in [1.165, 1.54) is 0 Å². The van der Waals surface area contributed by atoms with Crippen LogP contribution in [0, 0.1) is 5.41 Å². The summed E-state index contributed by atoms with van der Waals surface area (Å²) in [7, 11) is 0. The second kappa shape index (κ2) is 5.25. The summed E-state index contributed by atoms with van der Waals surface area (Å²) in [4.78, 5) is 13.7. The second-order valence-corrected chi connectivity index (χ2v) is 6.54. The Hall–Kier alpha value is 0.230. The van der Waals surface area contributed by atoms with Gasteiger partial charge < -0.3 is 9.64 Å². The first-order valence-electron chi connectivity index (χ1n) is 5.42. The van der Waals surface area contributed by atoms with Crippen molar-refractivity contribution in [1.29, 1.82) is 0 Å². The molecule has 1 aliphatic heterocycles. The average Bonchev–Trinajstić information content (AvgIpc) is 2.60. The van der Waals surface area contributed by atoms with Gasteiger partial charge in [0.05, 0.1) is 0 Å². The van der Waals surface area contributed by atoms with Crippen molar-refractivity contribution < 1.29 is 9.53 Å². The molecule has 1 aliphatic rings. The van der Waals surface area contributed by atoms with Crippen LogP contribution in [0.1, 0.15) is 27.2 Å². The molecule has 0 bridgehead atoms. The van der Waals surface area contributed by atoms with Crippen molar-refractivity contribution in [2.45, 2.75) is 32.8 Å². The van der Waals surface area contributed by atoms with Gasteiger partial charge in [0.1, 0.15) is 5.60 Å². The highest BCUT2D eigenvalue weighted by Crippen LogP contribution is 2.34. The number of amides is 1. The predicted octanol–water partition coefficient (Wildman–Crippen LogP) is 3.40. The van der Waals surface area contributed by atoms with Crippen LogP contribution in [0.15, 0.2) is 0 Å². The Morgan fingerprint density at radius 1 is 1.38 bits per heavy atom. The molecule has 0 unspecified atom stereocenters. The van der Waals surface area contributed by atoms with Crippen molar-refractivity contribution in [1.82, 2.24) is 4.90 Å². The first kappa shape index (κ1) is 14.3. The lowest BCUT2D eigenvalue weighted by molar-refractivity contribution is 0.0280. The van der Waals surface area contributed by atoms with Crippen molar-refractivity contribution in [3.05, 3.63) is 0 Å². The zero-order valence-electron chi connectivity index (χ0n) is 10.1. The van der Waals surface area contributed by atoms with Crippen molar-refractivity contribution in [3.63, 3.8) is 0 Å². The van der Waals surface area contributed by atoms with Gasteiger partial charge in [0.2, 0.25) is 0 Å². The van der Waals surface area contributed by atoms with Crippen molar-refractivity contribution in [2.75, 3.05) is 23.7 Å². The quantitative estimate of drug-likeness (QED) is 0.709. The van der Waals surface area contributed by atoms with Gasteiger partial charge in [-0.15, -0.1) is 0 Å². The molecule has 1 heterocycles. The molecule has 0 aromatic carbocycles. The smallest absolute Gasteiger partial charge is 0.410 e. The molecule has 3 nitrogen and oxygen atoms in total. The lowest BCUT2D eigenvalue weighted by atomic mass is 9.93. The molecule has 16 heavy (non-hydrogen) atoms. The molecule has 1 saturated heterocycles. The maximum atomic E-state index is 11.9. The van der Waals surface area contributed by atoms with Crippen LogP contribution in [0.3, 0.4) is 0 Å². The summed E-state index contributed by atoms with van der Waals surface area (Å²) in [5.41, 5.74) is -0.248. The second-order valence-electron chi connectivity index (χ2n) is 5.42. The summed E-state index contributed by atoms with van der Waals surface area (Å²) in [6.07, 6.45) is 0.819. The van der Waals surface area contributed by atoms with Gasteiger partial charge in [-0.2, -0.15) is 0 Å². The Balaban J connectivity index is 2.56. The number of likely N-dealkylation sites (tertiary alicyclic amines) is 1. The van der Waals surface area contributed by atoms with E-state index < -0.39 is 5.60 Å². The van der Waals surface area contributed by atoms with Gasteiger partial charge in [-0.3, -0.25) is 0 Å². The number of carbonyl (C=O) groups is 1. The van der Waals surface area contributed by atoms with Crippen LogP contribution in [0.5, 0.6) is 0 Å². The third-order valence-electron chi connectivity index (χ3n) is 2.66. The van der Waals surface area contributed by atoms with E-state index in [2.05, 4.69) is 31.9 Å². The van der Waals surface area contributed by atoms with Gasteiger partial charge in [-0.25, -0.2) is 4.79 Å². The van der Waals surface area contributed by atoms with Crippen LogP contribution in [0.4, 0.5) is 4.79 Å². The summed E-state index contributed by atoms with van der Waals surface area (Å²) in [6.45, 7) is 7.22. The number of nitrogens with zero attached hydrogens (tertiary/aromatic N) is 1. The number of halogens is 2. The van der Waals surface area contributed by atoms with Crippen molar-refractivity contribution in [3.8, 4) is 0 Å². The number of carbonyl (C=O) groups excluding carboxylic acids is 1. The summed E-state index contributed by atoms with van der Waals surface area (Å²) >= 11 is 7.05. The van der Waals surface area contributed by atoms with Gasteiger partial charge in [0, 0.05) is 29.2 Å². The number of ether oxygens (including phenoxy) is 1. The SMILES string of the molecule is CC(C)(C)OC(=O)N1CCC(CBr)(CBr)C1. The predicted molar refractivity (Wildman–Crippen MR) is 72.4 cm³/mol. The number of hydrogen-bond acceptors (Lipinski definition) is 2. The van der Waals surface area contributed by atoms with Crippen LogP contribution in [0.25, 0.3) is 0 Å². The fourth-order valence-electron chi connectivity index (χ4n) is 1.67. The largest absolute Gasteiger partial charge is 0.444 e. The molecule has 0 saturated carbocycles. The number of hydrogen-bond donors (Lipinski definition) is 0. The van der Waals surface area contributed by atoms with E-state index in [9.17, 15) is 4.79 Å². The van der Waals surface area contributed by atoms with Crippen LogP contribution >= 0.6 is 31.9 Å². The molecule has 1 fully saturated rings. The van der Waals surface area contributed by atoms with E-state index in [1.807, 2.05) is 20.8 Å². The highest BCUT2D eigenvalue weighted by Gasteiger charge is 2.39. The fourth-order valence-corrected chi connectivity index (χ4v) is 3.52. The zero-order chi connectivity index (χ0) is 12.4. The third kappa shape index (κ3) is 3.62. The van der Waals surface area contributed by atoms with Crippen LogP contribution < -0.4 is 0 Å². The lowest BCUT2D eigenvalue weighted by Crippen LogP contribution is -2.37. The molecule has 5 heteroatoms. The summed E-state index contributed by atoms with van der Waals surface area (Å²) in [5, 5.41) is 1.81. The van der Waals surface area contributed by atoms with Crippen molar-refractivity contribution in [2.24, 2.45) is 5.41 Å². The normalized spacial score (nSPS) is 19.9. The summed E-state index contributed by atoms with van der Waals surface area (Å²) in [5.74, 6) is 0. The Bertz CT molecular complexity index is 259. The Kier molecular flexibility index (Phi) is 4.69. The zero-order valence-corrected chi connectivity index (χ0v) is 13.2. The highest BCUT2D eigenvalue weighted by atomic mass is 79.9. The molecule has 0 aromatic rings. The molecule has 0 radical (unpaired) electrons. The molecule has 1 rings (SSSR count). The van der Waals surface area contributed by atoms with Crippen LogP contribution in [-0.4, -0.2) is 40.3 Å². The average molecular weight is 357 g/mol. The summed E-state index contributed by atoms with van der Waals surface area (Å²) in [6, 6.07) is 0. The minimum Gasteiger partial charge on any atom is -0.444 e. The van der Waals surface area contributed by atoms with Gasteiger partial charge in [0.15, 0.2) is 0 Å². The third-order valence-corrected chi connectivity index (χ3v) is 5.04. The van der Waals surface area contributed by atoms with Gasteiger partial charge >= 0.3 is 6.09 Å². The van der Waals surface area contributed by atoms with Gasteiger partial charge in [0.25, 0.3) is 0 Å². The number of alkyl halides is 2. The fraction of sp³-hybridized carbons (Fsp3) is 0.909. The van der Waals surface area contributed by atoms with E-state index in [0.717, 1.165) is 30.2 Å². The minimum absolute atomic E-state index is 0.164. The molecular weight excluding hydrogens is 338 g/mol. The van der Waals surface area contributed by atoms with Crippen LogP contribution in [0.2, 0.25) is 0 Å². The Labute approximate surface area is 114 Å². The van der Waals surface area contributed by atoms with E-state index in [-0.39, 0.29) is 11.5 Å². The summed E-state index contributed by atoms with van der Waals surface area (Å²) < 4.78 is 5.36. The Morgan fingerprint density at radius 2 is 1.94 bits per heavy atom. The molecule has 0 aliphatic carbocycles. The van der Waals surface area contributed by atoms with Gasteiger partial charge in [-0.05, 0) is 27.2 Å². The molecule has 0 N–H and O–H groups in total. The molecule has 1 amide bonds. The van der Waals surface area contributed by atoms with E-state index in [0.29, 0.717) is 0 Å². The van der Waals surface area contributed by atoms with Crippen LogP contribution in [-0.2, 0) is 4.74 Å². The maximum Gasteiger partial charge on any atom is 0.410 e.